The Morgan fingerprint density at radius 1 is 0.909 bits per heavy atom. The summed E-state index contributed by atoms with van der Waals surface area (Å²) in [5, 5.41) is 9.97. The van der Waals surface area contributed by atoms with Crippen molar-refractivity contribution >= 4 is 22.2 Å². The summed E-state index contributed by atoms with van der Waals surface area (Å²) in [6, 6.07) is 16.2. The molecule has 22 heavy (non-hydrogen) atoms. The van der Waals surface area contributed by atoms with Gasteiger partial charge >= 0.3 is 0 Å². The van der Waals surface area contributed by atoms with Crippen LogP contribution < -0.4 is 5.73 Å². The summed E-state index contributed by atoms with van der Waals surface area (Å²) < 4.78 is 2.12. The van der Waals surface area contributed by atoms with E-state index in [0.29, 0.717) is 0 Å². The third-order valence-corrected chi connectivity index (χ3v) is 4.06. The predicted octanol–water partition coefficient (Wildman–Crippen LogP) is 3.75. The molecule has 0 amide bonds. The Labute approximate surface area is 128 Å². The molecule has 0 saturated heterocycles. The summed E-state index contributed by atoms with van der Waals surface area (Å²) in [6.07, 6.45) is 0. The molecular formula is C18H16N4. The Morgan fingerprint density at radius 2 is 1.73 bits per heavy atom. The highest BCUT2D eigenvalue weighted by Gasteiger charge is 2.14. The standard InChI is InChI=1S/C18H16N4/c1-11-5-3-8-15-12(2)9-16-20-21-18(22(16)17(11)15)13-6-4-7-14(19)10-13/h3-10H,19H2,1-2H3. The molecule has 2 N–H and O–H groups in total. The van der Waals surface area contributed by atoms with E-state index in [0.717, 1.165) is 28.2 Å². The van der Waals surface area contributed by atoms with Crippen molar-refractivity contribution in [3.63, 3.8) is 0 Å². The molecule has 4 rings (SSSR count). The normalized spacial score (nSPS) is 11.4. The van der Waals surface area contributed by atoms with Gasteiger partial charge in [0.1, 0.15) is 0 Å². The zero-order valence-electron chi connectivity index (χ0n) is 12.5. The Morgan fingerprint density at radius 3 is 2.55 bits per heavy atom. The van der Waals surface area contributed by atoms with Crippen LogP contribution in [0.4, 0.5) is 5.69 Å². The second-order valence-corrected chi connectivity index (χ2v) is 5.64. The van der Waals surface area contributed by atoms with Crippen molar-refractivity contribution in [1.29, 1.82) is 0 Å². The average molecular weight is 288 g/mol. The van der Waals surface area contributed by atoms with Gasteiger partial charge in [-0.05, 0) is 43.2 Å². The quantitative estimate of drug-likeness (QED) is 0.543. The molecule has 2 aromatic carbocycles. The van der Waals surface area contributed by atoms with Crippen LogP contribution in [-0.2, 0) is 0 Å². The minimum absolute atomic E-state index is 0.724. The molecule has 0 aliphatic rings. The van der Waals surface area contributed by atoms with Crippen LogP contribution >= 0.6 is 0 Å². The van der Waals surface area contributed by atoms with Gasteiger partial charge in [-0.3, -0.25) is 4.40 Å². The summed E-state index contributed by atoms with van der Waals surface area (Å²) in [6.45, 7) is 4.22. The van der Waals surface area contributed by atoms with Gasteiger partial charge in [0.25, 0.3) is 0 Å². The molecule has 2 heterocycles. The second kappa shape index (κ2) is 4.56. The second-order valence-electron chi connectivity index (χ2n) is 5.64. The number of nitrogen functional groups attached to an aromatic ring is 1. The van der Waals surface area contributed by atoms with E-state index < -0.39 is 0 Å². The number of hydrogen-bond acceptors (Lipinski definition) is 3. The van der Waals surface area contributed by atoms with Crippen LogP contribution in [0.25, 0.3) is 27.9 Å². The lowest BCUT2D eigenvalue weighted by atomic mass is 10.1. The minimum atomic E-state index is 0.724. The van der Waals surface area contributed by atoms with Crippen LogP contribution in [-0.4, -0.2) is 14.6 Å². The molecule has 0 aliphatic heterocycles. The molecule has 4 aromatic rings. The number of rotatable bonds is 1. The number of pyridine rings is 1. The molecule has 0 radical (unpaired) electrons. The minimum Gasteiger partial charge on any atom is -0.399 e. The number of nitrogens with zero attached hydrogens (tertiary/aromatic N) is 3. The largest absolute Gasteiger partial charge is 0.399 e. The van der Waals surface area contributed by atoms with Crippen LogP contribution in [0, 0.1) is 13.8 Å². The van der Waals surface area contributed by atoms with Crippen molar-refractivity contribution in [1.82, 2.24) is 14.6 Å². The summed E-state index contributed by atoms with van der Waals surface area (Å²) >= 11 is 0. The fourth-order valence-electron chi connectivity index (χ4n) is 3.02. The number of fused-ring (bicyclic) bond motifs is 3. The van der Waals surface area contributed by atoms with E-state index in [9.17, 15) is 0 Å². The zero-order chi connectivity index (χ0) is 15.3. The topological polar surface area (TPSA) is 56.2 Å². The van der Waals surface area contributed by atoms with E-state index in [4.69, 9.17) is 5.73 Å². The van der Waals surface area contributed by atoms with Crippen molar-refractivity contribution in [3.05, 3.63) is 59.7 Å². The smallest absolute Gasteiger partial charge is 0.168 e. The first-order chi connectivity index (χ1) is 10.6. The van der Waals surface area contributed by atoms with Gasteiger partial charge in [0.15, 0.2) is 11.5 Å². The number of aryl methyl sites for hydroxylation is 2. The van der Waals surface area contributed by atoms with Crippen LogP contribution in [0.15, 0.2) is 48.5 Å². The third-order valence-electron chi connectivity index (χ3n) is 4.06. The number of benzene rings is 2. The van der Waals surface area contributed by atoms with E-state index in [-0.39, 0.29) is 0 Å². The molecular weight excluding hydrogens is 272 g/mol. The van der Waals surface area contributed by atoms with Gasteiger partial charge in [-0.2, -0.15) is 0 Å². The Hall–Kier alpha value is -2.88. The molecule has 2 aromatic heterocycles. The SMILES string of the molecule is Cc1cc2nnc(-c3cccc(N)c3)n2c2c(C)cccc12. The predicted molar refractivity (Wildman–Crippen MR) is 89.8 cm³/mol. The molecule has 0 atom stereocenters. The molecule has 0 saturated carbocycles. The highest BCUT2D eigenvalue weighted by Crippen LogP contribution is 2.28. The Balaban J connectivity index is 2.18. The fraction of sp³-hybridized carbons (Fsp3) is 0.111. The van der Waals surface area contributed by atoms with Crippen molar-refractivity contribution in [3.8, 4) is 11.4 Å². The van der Waals surface area contributed by atoms with Crippen molar-refractivity contribution in [2.24, 2.45) is 0 Å². The summed E-state index contributed by atoms with van der Waals surface area (Å²) in [7, 11) is 0. The number of anilines is 1. The number of hydrogen-bond donors (Lipinski definition) is 1. The van der Waals surface area contributed by atoms with E-state index in [1.54, 1.807) is 0 Å². The average Bonchev–Trinajstić information content (AvgIpc) is 2.91. The lowest BCUT2D eigenvalue weighted by Gasteiger charge is -2.10. The van der Waals surface area contributed by atoms with Gasteiger partial charge in [0, 0.05) is 16.6 Å². The highest BCUT2D eigenvalue weighted by atomic mass is 15.2. The molecule has 4 heteroatoms. The Bertz CT molecular complexity index is 1010. The van der Waals surface area contributed by atoms with Gasteiger partial charge in [0.2, 0.25) is 0 Å². The first-order valence-corrected chi connectivity index (χ1v) is 7.25. The maximum Gasteiger partial charge on any atom is 0.168 e. The van der Waals surface area contributed by atoms with Crippen molar-refractivity contribution in [2.75, 3.05) is 5.73 Å². The van der Waals surface area contributed by atoms with Crippen LogP contribution in [0.3, 0.4) is 0 Å². The van der Waals surface area contributed by atoms with Gasteiger partial charge in [-0.1, -0.05) is 30.3 Å². The highest BCUT2D eigenvalue weighted by molar-refractivity contribution is 5.89. The molecule has 0 unspecified atom stereocenters. The zero-order valence-corrected chi connectivity index (χ0v) is 12.5. The molecule has 108 valence electrons. The van der Waals surface area contributed by atoms with Crippen molar-refractivity contribution < 1.29 is 0 Å². The first-order valence-electron chi connectivity index (χ1n) is 7.25. The van der Waals surface area contributed by atoms with Crippen LogP contribution in [0.5, 0.6) is 0 Å². The molecule has 0 fully saturated rings. The van der Waals surface area contributed by atoms with E-state index in [1.807, 2.05) is 24.3 Å². The van der Waals surface area contributed by atoms with Gasteiger partial charge < -0.3 is 5.73 Å². The summed E-state index contributed by atoms with van der Waals surface area (Å²) in [5.41, 5.74) is 12.0. The van der Waals surface area contributed by atoms with Crippen LogP contribution in [0.1, 0.15) is 11.1 Å². The maximum absolute atomic E-state index is 5.92. The molecule has 0 aliphatic carbocycles. The van der Waals surface area contributed by atoms with Crippen molar-refractivity contribution in [2.45, 2.75) is 13.8 Å². The Kier molecular flexibility index (Phi) is 2.66. The lowest BCUT2D eigenvalue weighted by molar-refractivity contribution is 1.12. The fourth-order valence-corrected chi connectivity index (χ4v) is 3.02. The third kappa shape index (κ3) is 1.77. The van der Waals surface area contributed by atoms with E-state index in [2.05, 4.69) is 52.7 Å². The van der Waals surface area contributed by atoms with Gasteiger partial charge in [0.05, 0.1) is 5.52 Å². The number of nitrogens with two attached hydrogens (primary N) is 1. The van der Waals surface area contributed by atoms with Crippen LogP contribution in [0.2, 0.25) is 0 Å². The lowest BCUT2D eigenvalue weighted by Crippen LogP contribution is -1.96. The maximum atomic E-state index is 5.92. The van der Waals surface area contributed by atoms with E-state index in [1.165, 1.54) is 16.5 Å². The van der Waals surface area contributed by atoms with Gasteiger partial charge in [-0.25, -0.2) is 0 Å². The summed E-state index contributed by atoms with van der Waals surface area (Å²) in [5.74, 6) is 0.821. The molecule has 4 nitrogen and oxygen atoms in total. The first kappa shape index (κ1) is 12.8. The summed E-state index contributed by atoms with van der Waals surface area (Å²) in [4.78, 5) is 0. The number of para-hydroxylation sites is 1. The van der Waals surface area contributed by atoms with Gasteiger partial charge in [-0.15, -0.1) is 10.2 Å². The number of aromatic nitrogens is 3. The van der Waals surface area contributed by atoms with E-state index >= 15 is 0 Å². The molecule has 0 spiro atoms. The molecule has 0 bridgehead atoms. The monoisotopic (exact) mass is 288 g/mol.